The van der Waals surface area contributed by atoms with Gasteiger partial charge in [0.1, 0.15) is 5.82 Å². The van der Waals surface area contributed by atoms with E-state index in [1.165, 1.54) is 11.1 Å². The number of benzene rings is 1. The van der Waals surface area contributed by atoms with Crippen molar-refractivity contribution in [1.82, 2.24) is 14.6 Å². The SMILES string of the molecule is Cc1nc2cc3nn2c(c1C1OC(C)(C)OC1=O)N1CCC(C)(CC1)OCCCc1ccccc1COC3. The first kappa shape index (κ1) is 25.3. The average molecular weight is 521 g/mol. The van der Waals surface area contributed by atoms with E-state index in [-0.39, 0.29) is 5.60 Å². The monoisotopic (exact) mass is 520 g/mol. The van der Waals surface area contributed by atoms with Gasteiger partial charge in [-0.2, -0.15) is 9.61 Å². The number of fused-ring (bicyclic) bond motifs is 7. The summed E-state index contributed by atoms with van der Waals surface area (Å²) in [6, 6.07) is 10.4. The van der Waals surface area contributed by atoms with E-state index in [2.05, 4.69) is 36.1 Å². The molecule has 4 aliphatic rings. The molecule has 0 saturated carbocycles. The summed E-state index contributed by atoms with van der Waals surface area (Å²) in [5.41, 5.74) is 5.23. The van der Waals surface area contributed by atoms with Crippen molar-refractivity contribution in [1.29, 1.82) is 0 Å². The lowest BCUT2D eigenvalue weighted by Crippen LogP contribution is -2.45. The van der Waals surface area contributed by atoms with Crippen LogP contribution < -0.4 is 4.90 Å². The molecule has 1 atom stereocenters. The fourth-order valence-electron chi connectivity index (χ4n) is 5.80. The van der Waals surface area contributed by atoms with Crippen molar-refractivity contribution in [2.24, 2.45) is 0 Å². The second-order valence-electron chi connectivity index (χ2n) is 11.3. The van der Waals surface area contributed by atoms with Crippen molar-refractivity contribution in [2.45, 2.75) is 84.1 Å². The highest BCUT2D eigenvalue weighted by molar-refractivity contribution is 5.81. The number of anilines is 1. The lowest BCUT2D eigenvalue weighted by Gasteiger charge is -2.41. The third-order valence-corrected chi connectivity index (χ3v) is 7.87. The van der Waals surface area contributed by atoms with Gasteiger partial charge in [0.15, 0.2) is 11.8 Å². The lowest BCUT2D eigenvalue weighted by molar-refractivity contribution is -0.160. The van der Waals surface area contributed by atoms with Crippen LogP contribution in [0.15, 0.2) is 30.3 Å². The van der Waals surface area contributed by atoms with Gasteiger partial charge < -0.3 is 23.8 Å². The number of nitrogens with zero attached hydrogens (tertiary/aromatic N) is 4. The topological polar surface area (TPSA) is 87.4 Å². The van der Waals surface area contributed by atoms with Crippen LogP contribution in [0, 0.1) is 6.92 Å². The molecular formula is C29H36N4O5. The molecule has 2 aromatic heterocycles. The third-order valence-electron chi connectivity index (χ3n) is 7.87. The lowest BCUT2D eigenvalue weighted by atomic mass is 9.92. The standard InChI is InChI=1S/C29H36N4O5/c1-19-24(25-27(34)38-28(2,3)37-25)26-32-13-11-29(4,12-14-32)36-15-7-10-20-8-5-6-9-21(20)17-35-18-22-16-23(30-19)33(26)31-22/h5-6,8-9,16,25H,7,10-15,17-18H2,1-4H3. The van der Waals surface area contributed by atoms with Crippen molar-refractivity contribution in [3.05, 3.63) is 58.4 Å². The third kappa shape index (κ3) is 4.79. The predicted octanol–water partition coefficient (Wildman–Crippen LogP) is 4.43. The summed E-state index contributed by atoms with van der Waals surface area (Å²) in [6.07, 6.45) is 2.79. The molecule has 202 valence electrons. The van der Waals surface area contributed by atoms with Crippen LogP contribution in [0.3, 0.4) is 0 Å². The van der Waals surface area contributed by atoms with Crippen molar-refractivity contribution in [2.75, 3.05) is 24.6 Å². The van der Waals surface area contributed by atoms with E-state index in [1.807, 2.05) is 17.5 Å². The van der Waals surface area contributed by atoms with E-state index in [4.69, 9.17) is 29.0 Å². The van der Waals surface area contributed by atoms with Crippen LogP contribution in [0.5, 0.6) is 0 Å². The zero-order chi connectivity index (χ0) is 26.5. The molecule has 7 rings (SSSR count). The Morgan fingerprint density at radius 2 is 1.82 bits per heavy atom. The number of hydrogen-bond donors (Lipinski definition) is 0. The zero-order valence-electron chi connectivity index (χ0n) is 22.7. The second kappa shape index (κ2) is 9.63. The normalized spacial score (nSPS) is 23.4. The molecule has 4 bridgehead atoms. The molecule has 0 amide bonds. The minimum Gasteiger partial charge on any atom is -0.431 e. The second-order valence-corrected chi connectivity index (χ2v) is 11.3. The molecule has 6 heterocycles. The summed E-state index contributed by atoms with van der Waals surface area (Å²) in [5.74, 6) is -0.575. The number of ether oxygens (including phenoxy) is 4. The van der Waals surface area contributed by atoms with Crippen LogP contribution in [0.25, 0.3) is 5.65 Å². The molecule has 1 aromatic carbocycles. The molecule has 4 aliphatic heterocycles. The van der Waals surface area contributed by atoms with Gasteiger partial charge in [-0.3, -0.25) is 0 Å². The molecule has 9 heteroatoms. The molecule has 9 nitrogen and oxygen atoms in total. The maximum Gasteiger partial charge on any atom is 0.342 e. The van der Waals surface area contributed by atoms with Gasteiger partial charge in [0.25, 0.3) is 0 Å². The number of carbonyl (C=O) groups is 1. The van der Waals surface area contributed by atoms with Crippen molar-refractivity contribution in [3.8, 4) is 0 Å². The number of aromatic nitrogens is 3. The highest BCUT2D eigenvalue weighted by Crippen LogP contribution is 2.41. The molecule has 2 fully saturated rings. The number of carbonyl (C=O) groups excluding carboxylic acids is 1. The Balaban J connectivity index is 1.42. The summed E-state index contributed by atoms with van der Waals surface area (Å²) in [6.45, 7) is 10.8. The van der Waals surface area contributed by atoms with Gasteiger partial charge >= 0.3 is 5.97 Å². The number of esters is 1. The molecule has 0 N–H and O–H groups in total. The smallest absolute Gasteiger partial charge is 0.342 e. The van der Waals surface area contributed by atoms with Gasteiger partial charge in [0.05, 0.1) is 30.1 Å². The molecule has 0 aliphatic carbocycles. The van der Waals surface area contributed by atoms with E-state index in [1.54, 1.807) is 13.8 Å². The van der Waals surface area contributed by atoms with Crippen molar-refractivity contribution in [3.63, 3.8) is 0 Å². The number of hydrogen-bond acceptors (Lipinski definition) is 8. The summed E-state index contributed by atoms with van der Waals surface area (Å²) in [5, 5.41) is 4.91. The fraction of sp³-hybridized carbons (Fsp3) is 0.552. The largest absolute Gasteiger partial charge is 0.431 e. The van der Waals surface area contributed by atoms with Gasteiger partial charge in [0, 0.05) is 45.3 Å². The first-order chi connectivity index (χ1) is 18.2. The van der Waals surface area contributed by atoms with Gasteiger partial charge in [-0.15, -0.1) is 0 Å². The Bertz CT molecular complexity index is 1360. The maximum absolute atomic E-state index is 13.0. The number of piperidine rings is 1. The van der Waals surface area contributed by atoms with Crippen molar-refractivity contribution < 1.29 is 23.7 Å². The molecule has 1 unspecified atom stereocenters. The highest BCUT2D eigenvalue weighted by atomic mass is 16.8. The Hall–Kier alpha value is -3.01. The molecule has 2 saturated heterocycles. The molecule has 3 aromatic rings. The van der Waals surface area contributed by atoms with Crippen LogP contribution in [0.2, 0.25) is 0 Å². The zero-order valence-corrected chi connectivity index (χ0v) is 22.7. The molecule has 0 spiro atoms. The van der Waals surface area contributed by atoms with Crippen LogP contribution in [-0.4, -0.2) is 51.7 Å². The Labute approximate surface area is 223 Å². The summed E-state index contributed by atoms with van der Waals surface area (Å²) < 4.78 is 26.1. The minimum absolute atomic E-state index is 0.200. The summed E-state index contributed by atoms with van der Waals surface area (Å²) >= 11 is 0. The quantitative estimate of drug-likeness (QED) is 0.436. The minimum atomic E-state index is -1.000. The van der Waals surface area contributed by atoms with E-state index < -0.39 is 17.9 Å². The summed E-state index contributed by atoms with van der Waals surface area (Å²) in [7, 11) is 0. The van der Waals surface area contributed by atoms with Crippen LogP contribution in [-0.2, 0) is 43.4 Å². The Kier molecular flexibility index (Phi) is 6.40. The van der Waals surface area contributed by atoms with Gasteiger partial charge in [-0.1, -0.05) is 24.3 Å². The number of cyclic esters (lactones) is 1. The van der Waals surface area contributed by atoms with Gasteiger partial charge in [0.2, 0.25) is 5.79 Å². The van der Waals surface area contributed by atoms with Gasteiger partial charge in [-0.25, -0.2) is 9.78 Å². The number of aryl methyl sites for hydroxylation is 2. The van der Waals surface area contributed by atoms with E-state index >= 15 is 0 Å². The van der Waals surface area contributed by atoms with E-state index in [0.29, 0.717) is 25.4 Å². The Morgan fingerprint density at radius 1 is 1.05 bits per heavy atom. The van der Waals surface area contributed by atoms with Crippen LogP contribution in [0.1, 0.15) is 74.2 Å². The maximum atomic E-state index is 13.0. The first-order valence-electron chi connectivity index (χ1n) is 13.5. The fourth-order valence-corrected chi connectivity index (χ4v) is 5.80. The highest BCUT2D eigenvalue weighted by Gasteiger charge is 2.45. The first-order valence-corrected chi connectivity index (χ1v) is 13.5. The summed E-state index contributed by atoms with van der Waals surface area (Å²) in [4.78, 5) is 20.1. The van der Waals surface area contributed by atoms with E-state index in [0.717, 1.165) is 61.6 Å². The average Bonchev–Trinajstić information content (AvgIpc) is 3.40. The Morgan fingerprint density at radius 3 is 2.55 bits per heavy atom. The van der Waals surface area contributed by atoms with Gasteiger partial charge in [-0.05, 0) is 50.7 Å². The number of rotatable bonds is 1. The predicted molar refractivity (Wildman–Crippen MR) is 141 cm³/mol. The van der Waals surface area contributed by atoms with Crippen molar-refractivity contribution >= 4 is 17.4 Å². The molecular weight excluding hydrogens is 484 g/mol. The molecule has 38 heavy (non-hydrogen) atoms. The molecule has 0 radical (unpaired) electrons. The van der Waals surface area contributed by atoms with Crippen LogP contribution >= 0.6 is 0 Å². The van der Waals surface area contributed by atoms with Crippen LogP contribution in [0.4, 0.5) is 5.82 Å². The van der Waals surface area contributed by atoms with E-state index in [9.17, 15) is 4.79 Å².